The summed E-state index contributed by atoms with van der Waals surface area (Å²) in [5, 5.41) is 12.4. The van der Waals surface area contributed by atoms with Crippen molar-refractivity contribution in [3.8, 4) is 11.5 Å². The zero-order valence-corrected chi connectivity index (χ0v) is 11.4. The van der Waals surface area contributed by atoms with Gasteiger partial charge in [0.05, 0.1) is 19.9 Å². The van der Waals surface area contributed by atoms with Gasteiger partial charge in [-0.05, 0) is 12.8 Å². The number of nitrogens with zero attached hydrogens (tertiary/aromatic N) is 1. The van der Waals surface area contributed by atoms with Crippen molar-refractivity contribution in [2.45, 2.75) is 26.4 Å². The van der Waals surface area contributed by atoms with Gasteiger partial charge in [0.15, 0.2) is 11.5 Å². The average Bonchev–Trinajstić information content (AvgIpc) is 2.42. The topological polar surface area (TPSA) is 63.6 Å². The fraction of sp³-hybridized carbons (Fsp3) is 0.615. The molecular formula is C13H22N2O3. The minimum Gasteiger partial charge on any atom is -0.493 e. The molecule has 0 amide bonds. The Labute approximate surface area is 108 Å². The van der Waals surface area contributed by atoms with E-state index in [1.54, 1.807) is 26.5 Å². The van der Waals surface area contributed by atoms with Crippen molar-refractivity contribution in [1.29, 1.82) is 0 Å². The first-order chi connectivity index (χ1) is 8.63. The molecule has 0 saturated carbocycles. The fourth-order valence-electron chi connectivity index (χ4n) is 1.59. The lowest BCUT2D eigenvalue weighted by atomic mass is 10.1. The van der Waals surface area contributed by atoms with Crippen LogP contribution >= 0.6 is 0 Å². The van der Waals surface area contributed by atoms with Gasteiger partial charge >= 0.3 is 0 Å². The van der Waals surface area contributed by atoms with Crippen molar-refractivity contribution in [3.63, 3.8) is 0 Å². The molecule has 18 heavy (non-hydrogen) atoms. The molecule has 5 heteroatoms. The lowest BCUT2D eigenvalue weighted by Gasteiger charge is -2.20. The zero-order valence-electron chi connectivity index (χ0n) is 11.4. The summed E-state index contributed by atoms with van der Waals surface area (Å²) >= 11 is 0. The first kappa shape index (κ1) is 14.7. The Morgan fingerprint density at radius 3 is 2.61 bits per heavy atom. The van der Waals surface area contributed by atoms with Crippen molar-refractivity contribution < 1.29 is 14.6 Å². The van der Waals surface area contributed by atoms with Gasteiger partial charge in [-0.25, -0.2) is 0 Å². The van der Waals surface area contributed by atoms with Gasteiger partial charge < -0.3 is 19.9 Å². The molecule has 2 N–H and O–H groups in total. The summed E-state index contributed by atoms with van der Waals surface area (Å²) in [6.45, 7) is 4.77. The minimum absolute atomic E-state index is 0.164. The van der Waals surface area contributed by atoms with Gasteiger partial charge in [-0.1, -0.05) is 6.92 Å². The molecule has 0 saturated heterocycles. The highest BCUT2D eigenvalue weighted by atomic mass is 16.5. The van der Waals surface area contributed by atoms with E-state index in [-0.39, 0.29) is 18.6 Å². The SMILES string of the molecule is COc1ccnc(CNC(C)C(C)CO)c1OC. The highest BCUT2D eigenvalue weighted by Crippen LogP contribution is 2.28. The van der Waals surface area contributed by atoms with Crippen molar-refractivity contribution in [3.05, 3.63) is 18.0 Å². The fourth-order valence-corrected chi connectivity index (χ4v) is 1.59. The molecule has 0 radical (unpaired) electrons. The molecule has 2 unspecified atom stereocenters. The molecule has 102 valence electrons. The van der Waals surface area contributed by atoms with Crippen LogP contribution in [0.5, 0.6) is 11.5 Å². The van der Waals surface area contributed by atoms with E-state index in [1.165, 1.54) is 0 Å². The maximum atomic E-state index is 9.09. The maximum Gasteiger partial charge on any atom is 0.183 e. The standard InChI is InChI=1S/C13H22N2O3/c1-9(8-16)10(2)15-7-11-13(18-4)12(17-3)5-6-14-11/h5-6,9-10,15-16H,7-8H2,1-4H3. The first-order valence-electron chi connectivity index (χ1n) is 6.04. The number of hydrogen-bond acceptors (Lipinski definition) is 5. The second-order valence-electron chi connectivity index (χ2n) is 4.32. The first-order valence-corrected chi connectivity index (χ1v) is 6.04. The Hall–Kier alpha value is -1.33. The van der Waals surface area contributed by atoms with Crippen LogP contribution in [0.15, 0.2) is 12.3 Å². The van der Waals surface area contributed by atoms with Crippen molar-refractivity contribution in [1.82, 2.24) is 10.3 Å². The third-order valence-electron chi connectivity index (χ3n) is 3.10. The summed E-state index contributed by atoms with van der Waals surface area (Å²) in [5.74, 6) is 1.52. The van der Waals surface area contributed by atoms with Crippen LogP contribution in [0.3, 0.4) is 0 Å². The molecule has 1 aromatic rings. The van der Waals surface area contributed by atoms with Gasteiger partial charge in [0.1, 0.15) is 0 Å². The summed E-state index contributed by atoms with van der Waals surface area (Å²) < 4.78 is 10.5. The van der Waals surface area contributed by atoms with E-state index in [0.29, 0.717) is 18.0 Å². The van der Waals surface area contributed by atoms with Crippen molar-refractivity contribution in [2.24, 2.45) is 5.92 Å². The third kappa shape index (κ3) is 3.58. The molecule has 5 nitrogen and oxygen atoms in total. The largest absolute Gasteiger partial charge is 0.493 e. The highest BCUT2D eigenvalue weighted by Gasteiger charge is 2.14. The summed E-state index contributed by atoms with van der Waals surface area (Å²) in [4.78, 5) is 4.29. The second-order valence-corrected chi connectivity index (χ2v) is 4.32. The van der Waals surface area contributed by atoms with Crippen molar-refractivity contribution in [2.75, 3.05) is 20.8 Å². The molecule has 0 bridgehead atoms. The predicted molar refractivity (Wildman–Crippen MR) is 69.9 cm³/mol. The lowest BCUT2D eigenvalue weighted by molar-refractivity contribution is 0.206. The molecule has 0 aliphatic carbocycles. The molecule has 0 aliphatic rings. The van der Waals surface area contributed by atoms with E-state index >= 15 is 0 Å². The van der Waals surface area contributed by atoms with Gasteiger partial charge in [0.25, 0.3) is 0 Å². The van der Waals surface area contributed by atoms with Crippen LogP contribution < -0.4 is 14.8 Å². The molecule has 0 aliphatic heterocycles. The van der Waals surface area contributed by atoms with E-state index < -0.39 is 0 Å². The van der Waals surface area contributed by atoms with Crippen LogP contribution in [0.1, 0.15) is 19.5 Å². The number of ether oxygens (including phenoxy) is 2. The number of aliphatic hydroxyl groups excluding tert-OH is 1. The van der Waals surface area contributed by atoms with E-state index in [0.717, 1.165) is 5.69 Å². The van der Waals surface area contributed by atoms with Crippen LogP contribution in [0.25, 0.3) is 0 Å². The predicted octanol–water partition coefficient (Wildman–Crippen LogP) is 1.21. The number of methoxy groups -OCH3 is 2. The second kappa shape index (κ2) is 7.18. The van der Waals surface area contributed by atoms with Gasteiger partial charge in [-0.15, -0.1) is 0 Å². The Kier molecular flexibility index (Phi) is 5.88. The van der Waals surface area contributed by atoms with E-state index in [9.17, 15) is 0 Å². The zero-order chi connectivity index (χ0) is 13.5. The van der Waals surface area contributed by atoms with E-state index in [2.05, 4.69) is 10.3 Å². The monoisotopic (exact) mass is 254 g/mol. The Morgan fingerprint density at radius 2 is 2.06 bits per heavy atom. The lowest BCUT2D eigenvalue weighted by Crippen LogP contribution is -2.33. The van der Waals surface area contributed by atoms with Gasteiger partial charge in [0.2, 0.25) is 0 Å². The number of rotatable bonds is 7. The molecule has 0 spiro atoms. The smallest absolute Gasteiger partial charge is 0.183 e. The number of aliphatic hydroxyl groups is 1. The quantitative estimate of drug-likeness (QED) is 0.765. The normalized spacial score (nSPS) is 14.1. The van der Waals surface area contributed by atoms with Crippen molar-refractivity contribution >= 4 is 0 Å². The Balaban J connectivity index is 2.72. The van der Waals surface area contributed by atoms with Crippen LogP contribution in [0.2, 0.25) is 0 Å². The summed E-state index contributed by atoms with van der Waals surface area (Å²) in [5.41, 5.74) is 0.800. The van der Waals surface area contributed by atoms with E-state index in [4.69, 9.17) is 14.6 Å². The molecule has 1 heterocycles. The molecule has 0 aromatic carbocycles. The highest BCUT2D eigenvalue weighted by molar-refractivity contribution is 5.42. The number of hydrogen-bond donors (Lipinski definition) is 2. The molecule has 2 atom stereocenters. The molecular weight excluding hydrogens is 232 g/mol. The summed E-state index contributed by atoms with van der Waals surface area (Å²) in [7, 11) is 3.20. The number of nitrogens with one attached hydrogen (secondary N) is 1. The maximum absolute atomic E-state index is 9.09. The molecule has 1 aromatic heterocycles. The van der Waals surface area contributed by atoms with Crippen LogP contribution in [-0.2, 0) is 6.54 Å². The van der Waals surface area contributed by atoms with Crippen LogP contribution in [0, 0.1) is 5.92 Å². The van der Waals surface area contributed by atoms with Crippen LogP contribution in [0.4, 0.5) is 0 Å². The summed E-state index contributed by atoms with van der Waals surface area (Å²) in [6, 6.07) is 1.97. The summed E-state index contributed by atoms with van der Waals surface area (Å²) in [6.07, 6.45) is 1.69. The average molecular weight is 254 g/mol. The van der Waals surface area contributed by atoms with Gasteiger partial charge in [-0.2, -0.15) is 0 Å². The van der Waals surface area contributed by atoms with Gasteiger partial charge in [0, 0.05) is 31.5 Å². The minimum atomic E-state index is 0.164. The number of aromatic nitrogens is 1. The van der Waals surface area contributed by atoms with Crippen LogP contribution in [-0.4, -0.2) is 37.0 Å². The third-order valence-corrected chi connectivity index (χ3v) is 3.10. The van der Waals surface area contributed by atoms with E-state index in [1.807, 2.05) is 13.8 Å². The van der Waals surface area contributed by atoms with Gasteiger partial charge in [-0.3, -0.25) is 4.98 Å². The Morgan fingerprint density at radius 1 is 1.33 bits per heavy atom. The molecule has 1 rings (SSSR count). The Bertz CT molecular complexity index is 371. The number of pyridine rings is 1. The molecule has 0 fully saturated rings.